The molecule has 0 bridgehead atoms. The number of nitrogens with two attached hydrogens (primary N) is 1. The van der Waals surface area contributed by atoms with Crippen LogP contribution in [0.3, 0.4) is 0 Å². The first-order valence-corrected chi connectivity index (χ1v) is 6.77. The van der Waals surface area contributed by atoms with Gasteiger partial charge in [0.1, 0.15) is 5.82 Å². The van der Waals surface area contributed by atoms with Gasteiger partial charge in [0.2, 0.25) is 5.91 Å². The van der Waals surface area contributed by atoms with Crippen LogP contribution in [0, 0.1) is 0 Å². The largest absolute Gasteiger partial charge is 0.342 e. The minimum absolute atomic E-state index is 0.118. The Morgan fingerprint density at radius 1 is 1.35 bits per heavy atom. The molecule has 0 spiro atoms. The van der Waals surface area contributed by atoms with E-state index in [1.165, 1.54) is 5.56 Å². The maximum atomic E-state index is 11.5. The highest BCUT2D eigenvalue weighted by Crippen LogP contribution is 2.19. The lowest BCUT2D eigenvalue weighted by Crippen LogP contribution is -2.30. The van der Waals surface area contributed by atoms with Gasteiger partial charge in [0, 0.05) is 43.7 Å². The molecule has 6 nitrogen and oxygen atoms in total. The van der Waals surface area contributed by atoms with Crippen molar-refractivity contribution in [2.24, 2.45) is 5.73 Å². The number of hydrogen-bond acceptors (Lipinski definition) is 5. The number of carbonyl (C=O) groups is 1. The average molecular weight is 271 g/mol. The molecule has 20 heavy (non-hydrogen) atoms. The van der Waals surface area contributed by atoms with Crippen LogP contribution >= 0.6 is 0 Å². The Hall–Kier alpha value is -2.08. The van der Waals surface area contributed by atoms with Crippen LogP contribution in [0.5, 0.6) is 0 Å². The fourth-order valence-corrected chi connectivity index (χ4v) is 2.53. The van der Waals surface area contributed by atoms with Crippen LogP contribution < -0.4 is 5.73 Å². The number of carbonyl (C=O) groups excluding carboxylic acids is 1. The maximum absolute atomic E-state index is 11.5. The second-order valence-corrected chi connectivity index (χ2v) is 5.00. The van der Waals surface area contributed by atoms with E-state index in [0.29, 0.717) is 18.0 Å². The van der Waals surface area contributed by atoms with E-state index in [2.05, 4.69) is 21.0 Å². The molecular formula is C14H17N5O. The lowest BCUT2D eigenvalue weighted by molar-refractivity contribution is -0.128. The van der Waals surface area contributed by atoms with Gasteiger partial charge < -0.3 is 10.6 Å². The summed E-state index contributed by atoms with van der Waals surface area (Å²) in [5.74, 6) is 0.719. The van der Waals surface area contributed by atoms with E-state index in [9.17, 15) is 4.79 Å². The Labute approximate surface area is 117 Å². The number of rotatable bonds is 1. The van der Waals surface area contributed by atoms with Gasteiger partial charge in [0.15, 0.2) is 5.65 Å². The molecule has 1 aliphatic rings. The van der Waals surface area contributed by atoms with Crippen LogP contribution in [-0.4, -0.2) is 38.8 Å². The van der Waals surface area contributed by atoms with Crippen molar-refractivity contribution >= 4 is 16.9 Å². The van der Waals surface area contributed by atoms with Gasteiger partial charge in [-0.3, -0.25) is 4.79 Å². The molecule has 2 N–H and O–H groups in total. The van der Waals surface area contributed by atoms with Crippen molar-refractivity contribution in [3.63, 3.8) is 0 Å². The summed E-state index contributed by atoms with van der Waals surface area (Å²) in [6.07, 6.45) is 3.37. The molecule has 6 heteroatoms. The number of hydrogen-bond donors (Lipinski definition) is 1. The van der Waals surface area contributed by atoms with Crippen LogP contribution in [-0.2, 0) is 24.2 Å². The molecule has 0 unspecified atom stereocenters. The van der Waals surface area contributed by atoms with E-state index in [0.717, 1.165) is 37.0 Å². The molecule has 0 radical (unpaired) electrons. The molecule has 0 fully saturated rings. The normalized spacial score (nSPS) is 15.0. The second kappa shape index (κ2) is 5.13. The van der Waals surface area contributed by atoms with Crippen molar-refractivity contribution < 1.29 is 4.79 Å². The number of fused-ring (bicyclic) bond motifs is 2. The quantitative estimate of drug-likeness (QED) is 0.813. The summed E-state index contributed by atoms with van der Waals surface area (Å²) in [4.78, 5) is 26.5. The van der Waals surface area contributed by atoms with E-state index >= 15 is 0 Å². The van der Waals surface area contributed by atoms with Gasteiger partial charge in [0.25, 0.3) is 0 Å². The Morgan fingerprint density at radius 2 is 2.15 bits per heavy atom. The first-order chi connectivity index (χ1) is 9.67. The zero-order valence-electron chi connectivity index (χ0n) is 11.5. The average Bonchev–Trinajstić information content (AvgIpc) is 2.66. The molecule has 2 aromatic rings. The van der Waals surface area contributed by atoms with Crippen molar-refractivity contribution in [3.05, 3.63) is 29.3 Å². The van der Waals surface area contributed by atoms with Crippen molar-refractivity contribution in [2.45, 2.75) is 26.3 Å². The van der Waals surface area contributed by atoms with Gasteiger partial charge in [-0.2, -0.15) is 0 Å². The fraction of sp³-hybridized carbons (Fsp3) is 0.429. The standard InChI is InChI=1S/C14H17N5O/c1-9(20)19-4-2-10-6-11-8-16-13(7-15)18-14(11)17-12(10)3-5-19/h6,8H,2-5,7,15H2,1H3. The molecule has 0 aromatic carbocycles. The van der Waals surface area contributed by atoms with E-state index in [1.807, 2.05) is 4.90 Å². The molecule has 0 aliphatic carbocycles. The Kier molecular flexibility index (Phi) is 3.31. The van der Waals surface area contributed by atoms with Gasteiger partial charge in [0.05, 0.1) is 6.54 Å². The number of pyridine rings is 1. The maximum Gasteiger partial charge on any atom is 0.219 e. The van der Waals surface area contributed by atoms with E-state index < -0.39 is 0 Å². The van der Waals surface area contributed by atoms with Crippen molar-refractivity contribution in [1.29, 1.82) is 0 Å². The SMILES string of the molecule is CC(=O)N1CCc2cc3cnc(CN)nc3nc2CC1. The van der Waals surface area contributed by atoms with Crippen LogP contribution in [0.4, 0.5) is 0 Å². The minimum Gasteiger partial charge on any atom is -0.342 e. The van der Waals surface area contributed by atoms with Gasteiger partial charge in [-0.1, -0.05) is 0 Å². The number of aromatic nitrogens is 3. The van der Waals surface area contributed by atoms with Crippen LogP contribution in [0.25, 0.3) is 11.0 Å². The first kappa shape index (κ1) is 12.9. The van der Waals surface area contributed by atoms with Gasteiger partial charge >= 0.3 is 0 Å². The summed E-state index contributed by atoms with van der Waals surface area (Å²) in [5.41, 5.74) is 8.46. The second-order valence-electron chi connectivity index (χ2n) is 5.00. The van der Waals surface area contributed by atoms with Crippen LogP contribution in [0.15, 0.2) is 12.3 Å². The van der Waals surface area contributed by atoms with Crippen molar-refractivity contribution in [1.82, 2.24) is 19.9 Å². The summed E-state index contributed by atoms with van der Waals surface area (Å²) < 4.78 is 0. The van der Waals surface area contributed by atoms with Gasteiger partial charge in [-0.15, -0.1) is 0 Å². The molecule has 104 valence electrons. The van der Waals surface area contributed by atoms with E-state index in [-0.39, 0.29) is 5.91 Å². The third kappa shape index (κ3) is 2.34. The Bertz CT molecular complexity index is 670. The molecule has 0 saturated heterocycles. The van der Waals surface area contributed by atoms with Crippen LogP contribution in [0.1, 0.15) is 24.0 Å². The molecule has 3 heterocycles. The van der Waals surface area contributed by atoms with Gasteiger partial charge in [-0.25, -0.2) is 15.0 Å². The first-order valence-electron chi connectivity index (χ1n) is 6.77. The van der Waals surface area contributed by atoms with Crippen molar-refractivity contribution in [3.8, 4) is 0 Å². The molecule has 1 amide bonds. The molecular weight excluding hydrogens is 254 g/mol. The lowest BCUT2D eigenvalue weighted by Gasteiger charge is -2.17. The molecule has 1 aliphatic heterocycles. The summed E-state index contributed by atoms with van der Waals surface area (Å²) in [7, 11) is 0. The Morgan fingerprint density at radius 3 is 2.90 bits per heavy atom. The molecule has 2 aromatic heterocycles. The highest BCUT2D eigenvalue weighted by Gasteiger charge is 2.17. The smallest absolute Gasteiger partial charge is 0.219 e. The summed E-state index contributed by atoms with van der Waals surface area (Å²) >= 11 is 0. The fourth-order valence-electron chi connectivity index (χ4n) is 2.53. The minimum atomic E-state index is 0.118. The summed E-state index contributed by atoms with van der Waals surface area (Å²) in [6.45, 7) is 3.39. The number of nitrogens with zero attached hydrogens (tertiary/aromatic N) is 4. The van der Waals surface area contributed by atoms with E-state index in [4.69, 9.17) is 5.73 Å². The third-order valence-electron chi connectivity index (χ3n) is 3.68. The van der Waals surface area contributed by atoms with E-state index in [1.54, 1.807) is 13.1 Å². The highest BCUT2D eigenvalue weighted by molar-refractivity contribution is 5.75. The molecule has 0 atom stereocenters. The topological polar surface area (TPSA) is 85.0 Å². The van der Waals surface area contributed by atoms with Gasteiger partial charge in [-0.05, 0) is 18.1 Å². The zero-order valence-corrected chi connectivity index (χ0v) is 11.5. The number of amides is 1. The zero-order chi connectivity index (χ0) is 14.1. The predicted octanol–water partition coefficient (Wildman–Crippen LogP) is 0.431. The third-order valence-corrected chi connectivity index (χ3v) is 3.68. The monoisotopic (exact) mass is 271 g/mol. The molecule has 3 rings (SSSR count). The highest BCUT2D eigenvalue weighted by atomic mass is 16.2. The van der Waals surface area contributed by atoms with Crippen molar-refractivity contribution in [2.75, 3.05) is 13.1 Å². The lowest BCUT2D eigenvalue weighted by atomic mass is 10.1. The summed E-state index contributed by atoms with van der Waals surface area (Å²) in [6, 6.07) is 2.08. The Balaban J connectivity index is 2.00. The summed E-state index contributed by atoms with van der Waals surface area (Å²) in [5, 5.41) is 0.928. The predicted molar refractivity (Wildman–Crippen MR) is 74.9 cm³/mol. The molecule has 0 saturated carbocycles. The van der Waals surface area contributed by atoms with Crippen LogP contribution in [0.2, 0.25) is 0 Å².